The highest BCUT2D eigenvalue weighted by Gasteiger charge is 2.18. The van der Waals surface area contributed by atoms with E-state index in [1.54, 1.807) is 39.1 Å². The van der Waals surface area contributed by atoms with Crippen molar-refractivity contribution in [1.29, 1.82) is 0 Å². The predicted molar refractivity (Wildman–Crippen MR) is 97.3 cm³/mol. The minimum atomic E-state index is -1.00. The number of H-pyrrole nitrogens is 1. The van der Waals surface area contributed by atoms with Crippen LogP contribution in [0.1, 0.15) is 31.1 Å². The number of aromatic nitrogens is 3. The third-order valence-electron chi connectivity index (χ3n) is 3.62. The number of amides is 1. The molecule has 0 radical (unpaired) electrons. The number of nitrogens with zero attached hydrogens (tertiary/aromatic N) is 2. The quantitative estimate of drug-likeness (QED) is 0.664. The molecule has 8 heteroatoms. The van der Waals surface area contributed by atoms with Crippen LogP contribution in [0.4, 0.5) is 10.5 Å². The lowest BCUT2D eigenvalue weighted by Crippen LogP contribution is -2.27. The normalized spacial score (nSPS) is 11.5. The summed E-state index contributed by atoms with van der Waals surface area (Å²) in [6.45, 7) is 5.38. The number of aromatic carboxylic acids is 1. The van der Waals surface area contributed by atoms with E-state index in [-0.39, 0.29) is 5.56 Å². The zero-order valence-corrected chi connectivity index (χ0v) is 15.0. The molecule has 3 N–H and O–H groups in total. The highest BCUT2D eigenvalue weighted by molar-refractivity contribution is 5.93. The maximum absolute atomic E-state index is 11.9. The van der Waals surface area contributed by atoms with E-state index in [2.05, 4.69) is 15.3 Å². The van der Waals surface area contributed by atoms with Gasteiger partial charge in [0.2, 0.25) is 0 Å². The molecular weight excluding hydrogens is 336 g/mol. The number of rotatable bonds is 3. The van der Waals surface area contributed by atoms with Crippen LogP contribution in [-0.2, 0) is 11.8 Å². The highest BCUT2D eigenvalue weighted by Crippen LogP contribution is 2.25. The molecule has 1 aromatic carbocycles. The van der Waals surface area contributed by atoms with Crippen molar-refractivity contribution in [2.45, 2.75) is 26.4 Å². The molecule has 0 atom stereocenters. The van der Waals surface area contributed by atoms with E-state index in [9.17, 15) is 9.59 Å². The summed E-state index contributed by atoms with van der Waals surface area (Å²) in [6.07, 6.45) is 1.21. The molecule has 0 fully saturated rings. The summed E-state index contributed by atoms with van der Waals surface area (Å²) in [6, 6.07) is 6.48. The zero-order valence-electron chi connectivity index (χ0n) is 15.0. The van der Waals surface area contributed by atoms with E-state index in [0.29, 0.717) is 17.0 Å². The Morgan fingerprint density at radius 2 is 2.00 bits per heavy atom. The van der Waals surface area contributed by atoms with E-state index in [1.165, 1.54) is 12.1 Å². The Labute approximate surface area is 149 Å². The minimum absolute atomic E-state index is 0.176. The number of aryl methyl sites for hydroxylation is 1. The van der Waals surface area contributed by atoms with Gasteiger partial charge in [-0.25, -0.2) is 14.6 Å². The lowest BCUT2D eigenvalue weighted by molar-refractivity contribution is 0.0634. The average Bonchev–Trinajstić information content (AvgIpc) is 3.07. The number of nitrogens with one attached hydrogen (secondary N) is 2. The topological polar surface area (TPSA) is 109 Å². The van der Waals surface area contributed by atoms with Crippen molar-refractivity contribution in [3.05, 3.63) is 36.0 Å². The second-order valence-electron chi connectivity index (χ2n) is 6.97. The zero-order chi connectivity index (χ0) is 19.1. The standard InChI is InChI=1S/C18H20N4O4/c1-18(2,3)26-17(25)19-11-8-14(22(4)9-11)15-20-12-6-5-10(16(23)24)7-13(12)21-15/h5-9H,1-4H3,(H,19,25)(H,20,21)(H,23,24). The van der Waals surface area contributed by atoms with E-state index in [4.69, 9.17) is 9.84 Å². The molecule has 0 aliphatic rings. The summed E-state index contributed by atoms with van der Waals surface area (Å²) < 4.78 is 7.05. The van der Waals surface area contributed by atoms with Crippen molar-refractivity contribution in [2.75, 3.05) is 5.32 Å². The summed E-state index contributed by atoms with van der Waals surface area (Å²) in [5.41, 5.74) is 2.19. The highest BCUT2D eigenvalue weighted by atomic mass is 16.6. The van der Waals surface area contributed by atoms with Crippen LogP contribution in [0.15, 0.2) is 30.5 Å². The first-order valence-corrected chi connectivity index (χ1v) is 8.02. The number of ether oxygens (including phenoxy) is 1. The Morgan fingerprint density at radius 1 is 1.27 bits per heavy atom. The summed E-state index contributed by atoms with van der Waals surface area (Å²) in [5, 5.41) is 11.8. The van der Waals surface area contributed by atoms with Gasteiger partial charge in [0, 0.05) is 13.2 Å². The Bertz CT molecular complexity index is 994. The van der Waals surface area contributed by atoms with Crippen LogP contribution in [0.25, 0.3) is 22.6 Å². The summed E-state index contributed by atoms with van der Waals surface area (Å²) in [7, 11) is 1.82. The molecule has 8 nitrogen and oxygen atoms in total. The van der Waals surface area contributed by atoms with Crippen LogP contribution in [-0.4, -0.2) is 37.3 Å². The molecule has 0 spiro atoms. The second kappa shape index (κ2) is 6.21. The third kappa shape index (κ3) is 3.69. The van der Waals surface area contributed by atoms with Crippen LogP contribution in [0.5, 0.6) is 0 Å². The van der Waals surface area contributed by atoms with Gasteiger partial charge in [0.1, 0.15) is 5.60 Å². The number of carbonyl (C=O) groups excluding carboxylic acids is 1. The number of imidazole rings is 1. The lowest BCUT2D eigenvalue weighted by atomic mass is 10.2. The fourth-order valence-corrected chi connectivity index (χ4v) is 2.55. The van der Waals surface area contributed by atoms with Gasteiger partial charge >= 0.3 is 12.1 Å². The van der Waals surface area contributed by atoms with Crippen LogP contribution >= 0.6 is 0 Å². The molecule has 1 amide bonds. The summed E-state index contributed by atoms with van der Waals surface area (Å²) in [4.78, 5) is 30.6. The van der Waals surface area contributed by atoms with Gasteiger partial charge in [0.25, 0.3) is 0 Å². The Morgan fingerprint density at radius 3 is 2.65 bits per heavy atom. The van der Waals surface area contributed by atoms with Gasteiger partial charge in [-0.15, -0.1) is 0 Å². The number of aromatic amines is 1. The van der Waals surface area contributed by atoms with Crippen molar-refractivity contribution in [3.63, 3.8) is 0 Å². The molecular formula is C18H20N4O4. The molecule has 136 valence electrons. The first-order valence-electron chi connectivity index (χ1n) is 8.02. The molecule has 3 rings (SSSR count). The predicted octanol–water partition coefficient (Wildman–Crippen LogP) is 3.61. The first kappa shape index (κ1) is 17.5. The molecule has 0 unspecified atom stereocenters. The minimum Gasteiger partial charge on any atom is -0.478 e. The van der Waals surface area contributed by atoms with Crippen LogP contribution in [0, 0.1) is 0 Å². The van der Waals surface area contributed by atoms with Crippen LogP contribution in [0.2, 0.25) is 0 Å². The molecule has 3 aromatic rings. The fourth-order valence-electron chi connectivity index (χ4n) is 2.55. The third-order valence-corrected chi connectivity index (χ3v) is 3.62. The Hall–Kier alpha value is -3.29. The second-order valence-corrected chi connectivity index (χ2v) is 6.97. The largest absolute Gasteiger partial charge is 0.478 e. The number of hydrogen-bond acceptors (Lipinski definition) is 4. The number of carboxylic acid groups (broad SMARTS) is 1. The van der Waals surface area contributed by atoms with E-state index in [0.717, 1.165) is 11.2 Å². The van der Waals surface area contributed by atoms with Crippen molar-refractivity contribution < 1.29 is 19.4 Å². The van der Waals surface area contributed by atoms with Gasteiger partial charge in [-0.1, -0.05) is 0 Å². The number of hydrogen-bond donors (Lipinski definition) is 3. The van der Waals surface area contributed by atoms with Gasteiger partial charge in [0.05, 0.1) is 28.0 Å². The number of anilines is 1. The van der Waals surface area contributed by atoms with Crippen molar-refractivity contribution in [1.82, 2.24) is 14.5 Å². The van der Waals surface area contributed by atoms with Crippen LogP contribution in [0.3, 0.4) is 0 Å². The number of carboxylic acids is 1. The smallest absolute Gasteiger partial charge is 0.412 e. The molecule has 0 aliphatic carbocycles. The van der Waals surface area contributed by atoms with Gasteiger partial charge < -0.3 is 19.4 Å². The van der Waals surface area contributed by atoms with Gasteiger partial charge in [0.15, 0.2) is 5.82 Å². The maximum Gasteiger partial charge on any atom is 0.412 e. The molecule has 0 saturated carbocycles. The van der Waals surface area contributed by atoms with Gasteiger partial charge in [-0.3, -0.25) is 5.32 Å². The molecule has 0 bridgehead atoms. The number of fused-ring (bicyclic) bond motifs is 1. The molecule has 2 heterocycles. The molecule has 0 saturated heterocycles. The summed E-state index contributed by atoms with van der Waals surface area (Å²) in [5.74, 6) is -0.429. The monoisotopic (exact) mass is 356 g/mol. The maximum atomic E-state index is 11.9. The lowest BCUT2D eigenvalue weighted by Gasteiger charge is -2.19. The molecule has 2 aromatic heterocycles. The van der Waals surface area contributed by atoms with Crippen molar-refractivity contribution in [3.8, 4) is 11.5 Å². The van der Waals surface area contributed by atoms with E-state index >= 15 is 0 Å². The van der Waals surface area contributed by atoms with Crippen LogP contribution < -0.4 is 5.32 Å². The average molecular weight is 356 g/mol. The SMILES string of the molecule is Cn1cc(NC(=O)OC(C)(C)C)cc1-c1nc2cc(C(=O)O)ccc2[nH]1. The first-order chi connectivity index (χ1) is 12.1. The number of benzene rings is 1. The van der Waals surface area contributed by atoms with Gasteiger partial charge in [-0.05, 0) is 45.0 Å². The van der Waals surface area contributed by atoms with E-state index in [1.807, 2.05) is 11.6 Å². The number of carbonyl (C=O) groups is 2. The van der Waals surface area contributed by atoms with E-state index < -0.39 is 17.7 Å². The van der Waals surface area contributed by atoms with Crippen molar-refractivity contribution in [2.24, 2.45) is 7.05 Å². The fraction of sp³-hybridized carbons (Fsp3) is 0.278. The summed E-state index contributed by atoms with van der Waals surface area (Å²) >= 11 is 0. The van der Waals surface area contributed by atoms with Crippen molar-refractivity contribution >= 4 is 28.8 Å². The Kier molecular flexibility index (Phi) is 4.19. The molecule has 26 heavy (non-hydrogen) atoms. The molecule has 0 aliphatic heterocycles. The Balaban J connectivity index is 1.88. The van der Waals surface area contributed by atoms with Gasteiger partial charge in [-0.2, -0.15) is 0 Å².